The van der Waals surface area contributed by atoms with Crippen molar-refractivity contribution < 1.29 is 14.3 Å². The first-order valence-corrected chi connectivity index (χ1v) is 7.37. The summed E-state index contributed by atoms with van der Waals surface area (Å²) in [6, 6.07) is 7.30. The van der Waals surface area contributed by atoms with E-state index in [4.69, 9.17) is 4.74 Å². The zero-order chi connectivity index (χ0) is 15.2. The highest BCUT2D eigenvalue weighted by atomic mass is 16.5. The Hall–Kier alpha value is -2.04. The van der Waals surface area contributed by atoms with Crippen molar-refractivity contribution in [2.75, 3.05) is 18.6 Å². The Balaban J connectivity index is 1.97. The second kappa shape index (κ2) is 7.11. The lowest BCUT2D eigenvalue weighted by atomic mass is 10.2. The Kier molecular flexibility index (Phi) is 5.20. The second-order valence-corrected chi connectivity index (χ2v) is 5.28. The lowest BCUT2D eigenvalue weighted by Gasteiger charge is -2.18. The third kappa shape index (κ3) is 3.97. The minimum Gasteiger partial charge on any atom is -0.497 e. The number of carbonyl (C=O) groups is 2. The van der Waals surface area contributed by atoms with Gasteiger partial charge in [0.2, 0.25) is 11.8 Å². The van der Waals surface area contributed by atoms with Crippen LogP contribution in [0.2, 0.25) is 0 Å². The summed E-state index contributed by atoms with van der Waals surface area (Å²) >= 11 is 0. The molecule has 2 amide bonds. The summed E-state index contributed by atoms with van der Waals surface area (Å²) in [5, 5.41) is 2.94. The lowest BCUT2D eigenvalue weighted by molar-refractivity contribution is -0.121. The van der Waals surface area contributed by atoms with Crippen molar-refractivity contribution in [3.05, 3.63) is 24.3 Å². The summed E-state index contributed by atoms with van der Waals surface area (Å²) in [5.41, 5.74) is 0.810. The Bertz CT molecular complexity index is 516. The van der Waals surface area contributed by atoms with Gasteiger partial charge in [-0.2, -0.15) is 0 Å². The molecule has 5 nitrogen and oxygen atoms in total. The second-order valence-electron chi connectivity index (χ2n) is 5.28. The fourth-order valence-electron chi connectivity index (χ4n) is 2.47. The third-order valence-corrected chi connectivity index (χ3v) is 3.61. The van der Waals surface area contributed by atoms with Crippen molar-refractivity contribution in [1.29, 1.82) is 0 Å². The fraction of sp³-hybridized carbons (Fsp3) is 0.500. The van der Waals surface area contributed by atoms with Crippen LogP contribution in [0.1, 0.15) is 32.6 Å². The van der Waals surface area contributed by atoms with Crippen LogP contribution in [0.15, 0.2) is 24.3 Å². The number of hydrogen-bond donors (Lipinski definition) is 1. The summed E-state index contributed by atoms with van der Waals surface area (Å²) in [6.07, 6.45) is 2.76. The zero-order valence-electron chi connectivity index (χ0n) is 12.6. The molecule has 2 rings (SSSR count). The predicted molar refractivity (Wildman–Crippen MR) is 81.4 cm³/mol. The number of nitrogens with zero attached hydrogens (tertiary/aromatic N) is 1. The van der Waals surface area contributed by atoms with Crippen molar-refractivity contribution in [1.82, 2.24) is 5.32 Å². The molecule has 1 aliphatic heterocycles. The maximum Gasteiger partial charge on any atom is 0.229 e. The number of amides is 2. The molecule has 0 spiro atoms. The number of benzene rings is 1. The molecule has 114 valence electrons. The summed E-state index contributed by atoms with van der Waals surface area (Å²) in [5.74, 6) is 0.780. The fourth-order valence-corrected chi connectivity index (χ4v) is 2.47. The van der Waals surface area contributed by atoms with Gasteiger partial charge < -0.3 is 15.0 Å². The first kappa shape index (κ1) is 15.4. The Morgan fingerprint density at radius 1 is 1.48 bits per heavy atom. The Morgan fingerprint density at radius 3 is 3.00 bits per heavy atom. The molecule has 1 unspecified atom stereocenters. The van der Waals surface area contributed by atoms with Crippen LogP contribution in [0.5, 0.6) is 5.75 Å². The van der Waals surface area contributed by atoms with Crippen LogP contribution < -0.4 is 15.0 Å². The first-order valence-electron chi connectivity index (χ1n) is 7.37. The number of ether oxygens (including phenoxy) is 1. The molecule has 1 N–H and O–H groups in total. The zero-order valence-corrected chi connectivity index (χ0v) is 12.6. The molecule has 0 radical (unpaired) electrons. The molecule has 1 aromatic rings. The first-order chi connectivity index (χ1) is 10.1. The highest BCUT2D eigenvalue weighted by Crippen LogP contribution is 2.25. The van der Waals surface area contributed by atoms with E-state index >= 15 is 0 Å². The number of unbranched alkanes of at least 4 members (excludes halogenated alkanes) is 1. The Labute approximate surface area is 125 Å². The van der Waals surface area contributed by atoms with Gasteiger partial charge in [0.05, 0.1) is 13.2 Å². The minimum atomic E-state index is -0.104. The SMILES string of the molecule is CCCCC(=O)NC1CC(=O)N(c2cccc(OC)c2)C1. The van der Waals surface area contributed by atoms with Crippen LogP contribution in [-0.2, 0) is 9.59 Å². The van der Waals surface area contributed by atoms with Gasteiger partial charge in [0.1, 0.15) is 5.75 Å². The van der Waals surface area contributed by atoms with Crippen LogP contribution >= 0.6 is 0 Å². The molecule has 1 aromatic carbocycles. The largest absolute Gasteiger partial charge is 0.497 e. The van der Waals surface area contributed by atoms with Gasteiger partial charge in [0.15, 0.2) is 0 Å². The molecule has 0 aliphatic carbocycles. The maximum absolute atomic E-state index is 12.1. The number of rotatable bonds is 6. The van der Waals surface area contributed by atoms with Gasteiger partial charge in [-0.1, -0.05) is 19.4 Å². The van der Waals surface area contributed by atoms with E-state index < -0.39 is 0 Å². The van der Waals surface area contributed by atoms with E-state index in [1.54, 1.807) is 12.0 Å². The average Bonchev–Trinajstić information content (AvgIpc) is 2.85. The topological polar surface area (TPSA) is 58.6 Å². The van der Waals surface area contributed by atoms with Gasteiger partial charge in [0.25, 0.3) is 0 Å². The third-order valence-electron chi connectivity index (χ3n) is 3.61. The van der Waals surface area contributed by atoms with Crippen molar-refractivity contribution in [2.45, 2.75) is 38.6 Å². The van der Waals surface area contributed by atoms with Crippen molar-refractivity contribution >= 4 is 17.5 Å². The summed E-state index contributed by atoms with van der Waals surface area (Å²) in [7, 11) is 1.60. The molecule has 0 saturated carbocycles. The molecule has 0 aromatic heterocycles. The standard InChI is InChI=1S/C16H22N2O3/c1-3-4-8-15(19)17-12-9-16(20)18(11-12)13-6-5-7-14(10-13)21-2/h5-7,10,12H,3-4,8-9,11H2,1-2H3,(H,17,19). The van der Waals surface area contributed by atoms with Gasteiger partial charge in [0, 0.05) is 31.1 Å². The van der Waals surface area contributed by atoms with Crippen molar-refractivity contribution in [3.8, 4) is 5.75 Å². The number of nitrogens with one attached hydrogen (secondary N) is 1. The smallest absolute Gasteiger partial charge is 0.229 e. The van der Waals surface area contributed by atoms with E-state index in [1.807, 2.05) is 24.3 Å². The van der Waals surface area contributed by atoms with E-state index in [-0.39, 0.29) is 17.9 Å². The van der Waals surface area contributed by atoms with E-state index in [0.29, 0.717) is 19.4 Å². The van der Waals surface area contributed by atoms with Crippen molar-refractivity contribution in [2.24, 2.45) is 0 Å². The molecule has 21 heavy (non-hydrogen) atoms. The number of anilines is 1. The van der Waals surface area contributed by atoms with E-state index in [2.05, 4.69) is 12.2 Å². The van der Waals surface area contributed by atoms with Crippen LogP contribution in [0.4, 0.5) is 5.69 Å². The molecular weight excluding hydrogens is 268 g/mol. The Morgan fingerprint density at radius 2 is 2.29 bits per heavy atom. The summed E-state index contributed by atoms with van der Waals surface area (Å²) in [4.78, 5) is 25.6. The van der Waals surface area contributed by atoms with Gasteiger partial charge >= 0.3 is 0 Å². The number of hydrogen-bond acceptors (Lipinski definition) is 3. The van der Waals surface area contributed by atoms with E-state index in [9.17, 15) is 9.59 Å². The van der Waals surface area contributed by atoms with Gasteiger partial charge in [-0.25, -0.2) is 0 Å². The van der Waals surface area contributed by atoms with Crippen LogP contribution in [0.3, 0.4) is 0 Å². The average molecular weight is 290 g/mol. The van der Waals surface area contributed by atoms with E-state index in [1.165, 1.54) is 0 Å². The number of methoxy groups -OCH3 is 1. The monoisotopic (exact) mass is 290 g/mol. The molecule has 5 heteroatoms. The van der Waals surface area contributed by atoms with Gasteiger partial charge in [-0.3, -0.25) is 9.59 Å². The molecule has 1 heterocycles. The highest BCUT2D eigenvalue weighted by molar-refractivity contribution is 5.97. The molecule has 1 atom stereocenters. The van der Waals surface area contributed by atoms with Gasteiger partial charge in [-0.05, 0) is 18.6 Å². The summed E-state index contributed by atoms with van der Waals surface area (Å²) in [6.45, 7) is 2.57. The maximum atomic E-state index is 12.1. The summed E-state index contributed by atoms with van der Waals surface area (Å²) < 4.78 is 5.18. The predicted octanol–water partition coefficient (Wildman–Crippen LogP) is 2.11. The van der Waals surface area contributed by atoms with Crippen LogP contribution in [0, 0.1) is 0 Å². The molecule has 1 aliphatic rings. The molecule has 1 fully saturated rings. The number of carbonyl (C=O) groups excluding carboxylic acids is 2. The molecule has 0 bridgehead atoms. The van der Waals surface area contributed by atoms with Crippen molar-refractivity contribution in [3.63, 3.8) is 0 Å². The molecular formula is C16H22N2O3. The lowest BCUT2D eigenvalue weighted by Crippen LogP contribution is -2.37. The van der Waals surface area contributed by atoms with Crippen LogP contribution in [0.25, 0.3) is 0 Å². The molecule has 1 saturated heterocycles. The van der Waals surface area contributed by atoms with E-state index in [0.717, 1.165) is 24.3 Å². The van der Waals surface area contributed by atoms with Gasteiger partial charge in [-0.15, -0.1) is 0 Å². The van der Waals surface area contributed by atoms with Crippen LogP contribution in [-0.4, -0.2) is 31.5 Å². The minimum absolute atomic E-state index is 0.0298. The normalized spacial score (nSPS) is 17.9. The highest BCUT2D eigenvalue weighted by Gasteiger charge is 2.31. The quantitative estimate of drug-likeness (QED) is 0.873.